The van der Waals surface area contributed by atoms with Crippen molar-refractivity contribution in [2.45, 2.75) is 12.8 Å². The fourth-order valence-electron chi connectivity index (χ4n) is 3.33. The van der Waals surface area contributed by atoms with Gasteiger partial charge in [0.2, 0.25) is 0 Å². The van der Waals surface area contributed by atoms with Crippen LogP contribution in [0.25, 0.3) is 20.9 Å². The van der Waals surface area contributed by atoms with Gasteiger partial charge in [-0.15, -0.1) is 11.3 Å². The number of phenols is 1. The van der Waals surface area contributed by atoms with Gasteiger partial charge in [-0.1, -0.05) is 12.1 Å². The van der Waals surface area contributed by atoms with Crippen LogP contribution in [0.4, 0.5) is 10.1 Å². The van der Waals surface area contributed by atoms with E-state index in [4.69, 9.17) is 4.74 Å². The third kappa shape index (κ3) is 3.15. The number of anilines is 1. The minimum absolute atomic E-state index is 0.143. The van der Waals surface area contributed by atoms with Gasteiger partial charge in [-0.25, -0.2) is 4.39 Å². The molecule has 1 N–H and O–H groups in total. The summed E-state index contributed by atoms with van der Waals surface area (Å²) in [7, 11) is 1.42. The van der Waals surface area contributed by atoms with E-state index in [1.807, 2.05) is 12.1 Å². The predicted octanol–water partition coefficient (Wildman–Crippen LogP) is 5.54. The molecule has 0 spiro atoms. The van der Waals surface area contributed by atoms with Crippen molar-refractivity contribution >= 4 is 17.0 Å². The van der Waals surface area contributed by atoms with E-state index < -0.39 is 11.6 Å². The van der Waals surface area contributed by atoms with E-state index in [9.17, 15) is 9.50 Å². The Morgan fingerprint density at radius 3 is 2.27 bits per heavy atom. The molecule has 1 fully saturated rings. The van der Waals surface area contributed by atoms with Crippen molar-refractivity contribution in [2.75, 3.05) is 25.1 Å². The van der Waals surface area contributed by atoms with Gasteiger partial charge in [0.15, 0.2) is 17.3 Å². The molecule has 0 aliphatic carbocycles. The third-order valence-corrected chi connectivity index (χ3v) is 5.95. The minimum atomic E-state index is -0.677. The fourth-order valence-corrected chi connectivity index (χ4v) is 4.33. The van der Waals surface area contributed by atoms with Crippen LogP contribution in [-0.2, 0) is 0 Å². The van der Waals surface area contributed by atoms with Crippen molar-refractivity contribution in [1.29, 1.82) is 0 Å². The lowest BCUT2D eigenvalue weighted by molar-refractivity contribution is 0.357. The van der Waals surface area contributed by atoms with E-state index in [0.717, 1.165) is 28.4 Å². The third-order valence-electron chi connectivity index (χ3n) is 4.76. The lowest BCUT2D eigenvalue weighted by Crippen LogP contribution is -2.17. The van der Waals surface area contributed by atoms with Crippen molar-refractivity contribution in [1.82, 2.24) is 0 Å². The maximum Gasteiger partial charge on any atom is 0.194 e. The first kappa shape index (κ1) is 16.9. The van der Waals surface area contributed by atoms with Gasteiger partial charge in [0.05, 0.1) is 7.11 Å². The van der Waals surface area contributed by atoms with E-state index in [-0.39, 0.29) is 5.75 Å². The number of rotatable bonds is 4. The van der Waals surface area contributed by atoms with Gasteiger partial charge in [0, 0.05) is 28.5 Å². The predicted molar refractivity (Wildman–Crippen MR) is 105 cm³/mol. The second-order valence-electron chi connectivity index (χ2n) is 6.41. The zero-order valence-electron chi connectivity index (χ0n) is 14.5. The number of hydrogen-bond donors (Lipinski definition) is 1. The summed E-state index contributed by atoms with van der Waals surface area (Å²) in [6.07, 6.45) is 2.53. The highest BCUT2D eigenvalue weighted by Crippen LogP contribution is 2.39. The molecule has 1 saturated heterocycles. The van der Waals surface area contributed by atoms with Crippen molar-refractivity contribution in [3.05, 3.63) is 54.3 Å². The summed E-state index contributed by atoms with van der Waals surface area (Å²) in [5.41, 5.74) is 3.12. The molecular formula is C21H20FNO2S. The summed E-state index contributed by atoms with van der Waals surface area (Å²) >= 11 is 1.59. The number of ether oxygens (including phenoxy) is 1. The molecule has 3 nitrogen and oxygen atoms in total. The molecule has 0 bridgehead atoms. The number of nitrogens with zero attached hydrogens (tertiary/aromatic N) is 1. The molecule has 2 heterocycles. The Labute approximate surface area is 156 Å². The maximum atomic E-state index is 13.9. The van der Waals surface area contributed by atoms with Gasteiger partial charge in [-0.2, -0.15) is 0 Å². The number of aromatic hydroxyl groups is 1. The lowest BCUT2D eigenvalue weighted by Gasteiger charge is -2.17. The lowest BCUT2D eigenvalue weighted by atomic mass is 10.1. The Balaban J connectivity index is 1.61. The highest BCUT2D eigenvalue weighted by molar-refractivity contribution is 7.18. The van der Waals surface area contributed by atoms with Gasteiger partial charge in [-0.3, -0.25) is 0 Å². The van der Waals surface area contributed by atoms with E-state index >= 15 is 0 Å². The molecule has 0 saturated carbocycles. The molecule has 0 unspecified atom stereocenters. The Bertz CT molecular complexity index is 914. The summed E-state index contributed by atoms with van der Waals surface area (Å²) in [5.74, 6) is -0.986. The molecular weight excluding hydrogens is 349 g/mol. The molecule has 26 heavy (non-hydrogen) atoms. The monoisotopic (exact) mass is 369 g/mol. The molecule has 0 radical (unpaired) electrons. The number of methoxy groups -OCH3 is 1. The topological polar surface area (TPSA) is 32.7 Å². The normalized spacial score (nSPS) is 14.0. The molecule has 4 rings (SSSR count). The molecule has 0 atom stereocenters. The Morgan fingerprint density at radius 2 is 1.62 bits per heavy atom. The molecule has 1 aromatic heterocycles. The summed E-state index contributed by atoms with van der Waals surface area (Å²) < 4.78 is 19.0. The molecule has 2 aromatic carbocycles. The van der Waals surface area contributed by atoms with Crippen molar-refractivity contribution < 1.29 is 14.2 Å². The highest BCUT2D eigenvalue weighted by Gasteiger charge is 2.14. The van der Waals surface area contributed by atoms with Gasteiger partial charge in [0.1, 0.15) is 0 Å². The molecule has 1 aliphatic rings. The Hall–Kier alpha value is -2.53. The van der Waals surface area contributed by atoms with E-state index in [1.54, 1.807) is 17.4 Å². The highest BCUT2D eigenvalue weighted by atomic mass is 32.1. The molecule has 1 aliphatic heterocycles. The molecule has 3 aromatic rings. The number of benzene rings is 2. The van der Waals surface area contributed by atoms with Crippen LogP contribution < -0.4 is 9.64 Å². The summed E-state index contributed by atoms with van der Waals surface area (Å²) in [4.78, 5) is 4.47. The van der Waals surface area contributed by atoms with Crippen LogP contribution in [-0.4, -0.2) is 25.3 Å². The number of hydrogen-bond acceptors (Lipinski definition) is 4. The van der Waals surface area contributed by atoms with Gasteiger partial charge < -0.3 is 14.7 Å². The number of thiophene rings is 1. The zero-order chi connectivity index (χ0) is 18.1. The second-order valence-corrected chi connectivity index (χ2v) is 7.50. The Kier molecular flexibility index (Phi) is 4.55. The zero-order valence-corrected chi connectivity index (χ0v) is 15.4. The quantitative estimate of drug-likeness (QED) is 0.656. The fraction of sp³-hybridized carbons (Fsp3) is 0.238. The standard InChI is InChI=1S/C21H20FNO2S/c1-25-18-13-15(12-17(22)21(18)24)20-9-8-19(26-20)14-4-6-16(7-5-14)23-10-2-3-11-23/h4-9,12-13,24H,2-3,10-11H2,1H3. The Morgan fingerprint density at radius 1 is 0.962 bits per heavy atom. The van der Waals surface area contributed by atoms with Crippen LogP contribution in [0.5, 0.6) is 11.5 Å². The van der Waals surface area contributed by atoms with Crippen molar-refractivity contribution in [3.63, 3.8) is 0 Å². The molecule has 0 amide bonds. The van der Waals surface area contributed by atoms with Crippen LogP contribution in [0.15, 0.2) is 48.5 Å². The number of halogens is 1. The smallest absolute Gasteiger partial charge is 0.194 e. The van der Waals surface area contributed by atoms with E-state index in [0.29, 0.717) is 5.56 Å². The number of phenolic OH excluding ortho intramolecular Hbond substituents is 1. The summed E-state index contributed by atoms with van der Waals surface area (Å²) in [5, 5.41) is 9.67. The average Bonchev–Trinajstić information content (AvgIpc) is 3.36. The van der Waals surface area contributed by atoms with Crippen LogP contribution >= 0.6 is 11.3 Å². The second kappa shape index (κ2) is 7.00. The van der Waals surface area contributed by atoms with Gasteiger partial charge >= 0.3 is 0 Å². The van der Waals surface area contributed by atoms with E-state index in [2.05, 4.69) is 29.2 Å². The first-order chi connectivity index (χ1) is 12.7. The minimum Gasteiger partial charge on any atom is -0.502 e. The van der Waals surface area contributed by atoms with E-state index in [1.165, 1.54) is 31.7 Å². The van der Waals surface area contributed by atoms with Crippen molar-refractivity contribution in [3.8, 4) is 32.4 Å². The van der Waals surface area contributed by atoms with Gasteiger partial charge in [-0.05, 0) is 60.4 Å². The summed E-state index contributed by atoms with van der Waals surface area (Å²) in [6, 6.07) is 15.6. The van der Waals surface area contributed by atoms with Crippen LogP contribution in [0.2, 0.25) is 0 Å². The van der Waals surface area contributed by atoms with Crippen LogP contribution in [0.3, 0.4) is 0 Å². The molecule has 5 heteroatoms. The molecule has 134 valence electrons. The van der Waals surface area contributed by atoms with Crippen molar-refractivity contribution in [2.24, 2.45) is 0 Å². The SMILES string of the molecule is COc1cc(-c2ccc(-c3ccc(N4CCCC4)cc3)s2)cc(F)c1O. The van der Waals surface area contributed by atoms with Gasteiger partial charge in [0.25, 0.3) is 0 Å². The first-order valence-corrected chi connectivity index (χ1v) is 9.49. The largest absolute Gasteiger partial charge is 0.502 e. The first-order valence-electron chi connectivity index (χ1n) is 8.68. The maximum absolute atomic E-state index is 13.9. The van der Waals surface area contributed by atoms with Crippen LogP contribution in [0, 0.1) is 5.82 Å². The summed E-state index contributed by atoms with van der Waals surface area (Å²) in [6.45, 7) is 2.27. The average molecular weight is 369 g/mol. The van der Waals surface area contributed by atoms with Crippen LogP contribution in [0.1, 0.15) is 12.8 Å².